The average molecular weight is 711 g/mol. The highest BCUT2D eigenvalue weighted by molar-refractivity contribution is 9.09. The number of esters is 2. The maximum atomic E-state index is 12.8. The third-order valence-electron chi connectivity index (χ3n) is 8.24. The van der Waals surface area contributed by atoms with Crippen LogP contribution in [-0.2, 0) is 19.1 Å². The van der Waals surface area contributed by atoms with E-state index in [2.05, 4.69) is 21.2 Å². The van der Waals surface area contributed by atoms with Crippen LogP contribution in [0.4, 0.5) is 0 Å². The van der Waals surface area contributed by atoms with Crippen molar-refractivity contribution in [3.63, 3.8) is 0 Å². The van der Waals surface area contributed by atoms with E-state index in [1.807, 2.05) is 118 Å². The van der Waals surface area contributed by atoms with Gasteiger partial charge in [0.05, 0.1) is 49.4 Å². The fourth-order valence-corrected chi connectivity index (χ4v) is 7.00. The lowest BCUT2D eigenvalue weighted by molar-refractivity contribution is -0.139. The van der Waals surface area contributed by atoms with E-state index in [0.717, 1.165) is 62.6 Å². The second-order valence-electron chi connectivity index (χ2n) is 11.0. The van der Waals surface area contributed by atoms with E-state index in [1.54, 1.807) is 14.2 Å². The molecule has 0 bridgehead atoms. The molecule has 0 spiro atoms. The Bertz CT molecular complexity index is 1830. The molecule has 4 aromatic rings. The number of hydrogen-bond acceptors (Lipinski definition) is 7. The van der Waals surface area contributed by atoms with Crippen LogP contribution in [0, 0.1) is 0 Å². The van der Waals surface area contributed by atoms with Crippen molar-refractivity contribution >= 4 is 39.0 Å². The molecule has 2 atom stereocenters. The smallest absolute Gasteiger partial charge is 0.336 e. The lowest BCUT2D eigenvalue weighted by Gasteiger charge is -2.17. The Labute approximate surface area is 290 Å². The molecular formula is C40H40BrNO6. The lowest BCUT2D eigenvalue weighted by Crippen LogP contribution is -2.25. The Balaban J connectivity index is 0.000000188. The second-order valence-corrected chi connectivity index (χ2v) is 11.9. The van der Waals surface area contributed by atoms with E-state index in [9.17, 15) is 9.59 Å². The van der Waals surface area contributed by atoms with Crippen molar-refractivity contribution in [2.24, 2.45) is 0 Å². The van der Waals surface area contributed by atoms with E-state index < -0.39 is 0 Å². The maximum Gasteiger partial charge on any atom is 0.336 e. The van der Waals surface area contributed by atoms with Gasteiger partial charge in [-0.05, 0) is 78.0 Å². The number of ether oxygens (including phenoxy) is 4. The van der Waals surface area contributed by atoms with Crippen LogP contribution in [0.5, 0.6) is 11.5 Å². The minimum atomic E-state index is -0.289. The average Bonchev–Trinajstić information content (AvgIpc) is 3.60. The number of carbonyl (C=O) groups is 2. The standard InChI is InChI=1S/C21H23NO3.C19H17BrO3/c1-4-22-20-17-13-15(24-3)11-12-16(17)18(14-9-7-6-8-10-14)19(20)21(23)25-5-2;1-3-23-19(21)17-16(12-7-5-4-6-8-12)14-10-9-13(22-2)11-15(14)18(17)20/h6-13,20,22H,4-5H2,1-3H3;4-11,18H,3H2,1-2H3. The SMILES string of the molecule is CCNC1C(C(=O)OCC)=C(c2ccccc2)c2ccc(OC)cc21.CCOC(=O)C1=C(c2ccccc2)c2ccc(OC)cc2C1Br. The fourth-order valence-electron chi connectivity index (χ4n) is 6.20. The zero-order chi connectivity index (χ0) is 34.2. The van der Waals surface area contributed by atoms with Crippen LogP contribution in [-0.4, -0.2) is 45.9 Å². The number of methoxy groups -OCH3 is 2. The van der Waals surface area contributed by atoms with Crippen molar-refractivity contribution in [1.29, 1.82) is 0 Å². The quantitative estimate of drug-likeness (QED) is 0.131. The maximum absolute atomic E-state index is 12.8. The van der Waals surface area contributed by atoms with Gasteiger partial charge in [-0.2, -0.15) is 0 Å². The van der Waals surface area contributed by atoms with Gasteiger partial charge in [0.1, 0.15) is 11.5 Å². The molecule has 1 N–H and O–H groups in total. The van der Waals surface area contributed by atoms with Crippen molar-refractivity contribution in [2.45, 2.75) is 31.6 Å². The molecule has 0 amide bonds. The summed E-state index contributed by atoms with van der Waals surface area (Å²) in [6.07, 6.45) is 0. The Morgan fingerprint density at radius 1 is 0.646 bits per heavy atom. The molecular weight excluding hydrogens is 670 g/mol. The summed E-state index contributed by atoms with van der Waals surface area (Å²) in [5.74, 6) is 0.982. The van der Waals surface area contributed by atoms with Gasteiger partial charge in [0.15, 0.2) is 0 Å². The molecule has 4 aromatic carbocycles. The van der Waals surface area contributed by atoms with Crippen LogP contribution in [0.3, 0.4) is 0 Å². The molecule has 0 radical (unpaired) electrons. The number of fused-ring (bicyclic) bond motifs is 2. The Morgan fingerprint density at radius 3 is 1.58 bits per heavy atom. The molecule has 2 aliphatic rings. The van der Waals surface area contributed by atoms with Crippen LogP contribution >= 0.6 is 15.9 Å². The molecule has 8 heteroatoms. The highest BCUT2D eigenvalue weighted by Gasteiger charge is 2.37. The first-order valence-corrected chi connectivity index (χ1v) is 17.0. The summed E-state index contributed by atoms with van der Waals surface area (Å²) >= 11 is 3.66. The summed E-state index contributed by atoms with van der Waals surface area (Å²) in [4.78, 5) is 25.1. The van der Waals surface area contributed by atoms with E-state index >= 15 is 0 Å². The van der Waals surface area contributed by atoms with Crippen LogP contribution in [0.2, 0.25) is 0 Å². The predicted octanol–water partition coefficient (Wildman–Crippen LogP) is 8.23. The highest BCUT2D eigenvalue weighted by Crippen LogP contribution is 2.49. The number of benzene rings is 4. The van der Waals surface area contributed by atoms with Gasteiger partial charge in [0.2, 0.25) is 0 Å². The highest BCUT2D eigenvalue weighted by atomic mass is 79.9. The monoisotopic (exact) mass is 709 g/mol. The van der Waals surface area contributed by atoms with Gasteiger partial charge in [0, 0.05) is 11.1 Å². The van der Waals surface area contributed by atoms with Gasteiger partial charge < -0.3 is 24.3 Å². The van der Waals surface area contributed by atoms with E-state index in [4.69, 9.17) is 18.9 Å². The molecule has 0 aliphatic heterocycles. The second kappa shape index (κ2) is 16.0. The van der Waals surface area contributed by atoms with Crippen LogP contribution in [0.15, 0.2) is 108 Å². The van der Waals surface area contributed by atoms with E-state index in [0.29, 0.717) is 24.4 Å². The molecule has 2 unspecified atom stereocenters. The van der Waals surface area contributed by atoms with Crippen molar-refractivity contribution in [3.05, 3.63) is 142 Å². The van der Waals surface area contributed by atoms with Crippen molar-refractivity contribution in [3.8, 4) is 11.5 Å². The number of likely N-dealkylation sites (N-methyl/N-ethyl adjacent to an activating group) is 1. The predicted molar refractivity (Wildman–Crippen MR) is 192 cm³/mol. The van der Waals surface area contributed by atoms with Gasteiger partial charge in [-0.3, -0.25) is 0 Å². The number of carbonyl (C=O) groups excluding carboxylic acids is 2. The summed E-state index contributed by atoms with van der Waals surface area (Å²) in [7, 11) is 3.29. The van der Waals surface area contributed by atoms with Gasteiger partial charge >= 0.3 is 11.9 Å². The topological polar surface area (TPSA) is 83.1 Å². The van der Waals surface area contributed by atoms with Gasteiger partial charge in [-0.1, -0.05) is 95.7 Å². The lowest BCUT2D eigenvalue weighted by atomic mass is 9.97. The van der Waals surface area contributed by atoms with E-state index in [1.165, 1.54) is 0 Å². The summed E-state index contributed by atoms with van der Waals surface area (Å²) in [5, 5.41) is 3.43. The first-order valence-electron chi connectivity index (χ1n) is 16.1. The molecule has 0 fully saturated rings. The minimum absolute atomic E-state index is 0.204. The summed E-state index contributed by atoms with van der Waals surface area (Å²) < 4.78 is 21.4. The van der Waals surface area contributed by atoms with Gasteiger partial charge in [0.25, 0.3) is 0 Å². The number of halogens is 1. The molecule has 0 saturated heterocycles. The summed E-state index contributed by atoms with van der Waals surface area (Å²) in [6, 6.07) is 31.5. The zero-order valence-corrected chi connectivity index (χ0v) is 29.4. The molecule has 48 heavy (non-hydrogen) atoms. The van der Waals surface area contributed by atoms with Crippen LogP contribution in [0.1, 0.15) is 65.0 Å². The largest absolute Gasteiger partial charge is 0.497 e. The number of alkyl halides is 1. The van der Waals surface area contributed by atoms with Crippen molar-refractivity contribution in [1.82, 2.24) is 5.32 Å². The number of nitrogens with one attached hydrogen (secondary N) is 1. The zero-order valence-electron chi connectivity index (χ0n) is 27.8. The fraction of sp³-hybridized carbons (Fsp3) is 0.250. The normalized spacial score (nSPS) is 16.0. The molecule has 0 heterocycles. The molecule has 0 saturated carbocycles. The molecule has 7 nitrogen and oxygen atoms in total. The van der Waals surface area contributed by atoms with Crippen LogP contribution < -0.4 is 14.8 Å². The van der Waals surface area contributed by atoms with Crippen molar-refractivity contribution in [2.75, 3.05) is 34.0 Å². The first kappa shape index (κ1) is 34.7. The first-order chi connectivity index (χ1) is 23.4. The molecule has 248 valence electrons. The number of rotatable bonds is 10. The minimum Gasteiger partial charge on any atom is -0.497 e. The third-order valence-corrected chi connectivity index (χ3v) is 9.20. The Kier molecular flexibility index (Phi) is 11.5. The van der Waals surface area contributed by atoms with Gasteiger partial charge in [-0.25, -0.2) is 9.59 Å². The van der Waals surface area contributed by atoms with Gasteiger partial charge in [-0.15, -0.1) is 0 Å². The Morgan fingerprint density at radius 2 is 1.10 bits per heavy atom. The van der Waals surface area contributed by atoms with Crippen LogP contribution in [0.25, 0.3) is 11.1 Å². The summed E-state index contributed by atoms with van der Waals surface area (Å²) in [5.41, 5.74) is 9.31. The Hall–Kier alpha value is -4.66. The van der Waals surface area contributed by atoms with Crippen molar-refractivity contribution < 1.29 is 28.5 Å². The molecule has 2 aliphatic carbocycles. The number of hydrogen-bond donors (Lipinski definition) is 1. The third kappa shape index (κ3) is 6.96. The molecule has 6 rings (SSSR count). The summed E-state index contributed by atoms with van der Waals surface area (Å²) in [6.45, 7) is 7.12. The van der Waals surface area contributed by atoms with E-state index in [-0.39, 0.29) is 22.8 Å². The molecule has 0 aromatic heterocycles.